The molecule has 1 N–H and O–H groups in total. The normalized spacial score (nSPS) is 16.9. The van der Waals surface area contributed by atoms with Crippen LogP contribution >= 0.6 is 0 Å². The van der Waals surface area contributed by atoms with Gasteiger partial charge in [-0.2, -0.15) is 0 Å². The first-order chi connectivity index (χ1) is 19.9. The Kier molecular flexibility index (Phi) is 11.4. The van der Waals surface area contributed by atoms with E-state index < -0.39 is 0 Å². The predicted molar refractivity (Wildman–Crippen MR) is 171 cm³/mol. The molecule has 0 radical (unpaired) electrons. The number of aryl methyl sites for hydroxylation is 2. The molecule has 0 saturated heterocycles. The van der Waals surface area contributed by atoms with Crippen molar-refractivity contribution in [3.05, 3.63) is 95.1 Å². The molecule has 3 aromatic rings. The van der Waals surface area contributed by atoms with Crippen LogP contribution in [0.2, 0.25) is 0 Å². The first-order valence-electron chi connectivity index (χ1n) is 15.7. The molecule has 0 unspecified atom stereocenters. The van der Waals surface area contributed by atoms with Gasteiger partial charge >= 0.3 is 5.97 Å². The summed E-state index contributed by atoms with van der Waals surface area (Å²) in [5, 5.41) is 9.87. The fourth-order valence-electron chi connectivity index (χ4n) is 6.31. The van der Waals surface area contributed by atoms with Crippen molar-refractivity contribution in [2.45, 2.75) is 97.5 Å². The predicted octanol–water partition coefficient (Wildman–Crippen LogP) is 9.73. The first-order valence-corrected chi connectivity index (χ1v) is 15.7. The van der Waals surface area contributed by atoms with E-state index in [1.165, 1.54) is 79.2 Å². The molecule has 0 spiro atoms. The summed E-state index contributed by atoms with van der Waals surface area (Å²) in [5.41, 5.74) is 9.98. The molecule has 4 rings (SSSR count). The van der Waals surface area contributed by atoms with E-state index in [-0.39, 0.29) is 12.6 Å². The third-order valence-electron chi connectivity index (χ3n) is 8.86. The zero-order valence-electron chi connectivity index (χ0n) is 25.4. The molecule has 3 nitrogen and oxygen atoms in total. The lowest BCUT2D eigenvalue weighted by molar-refractivity contribution is -0.139. The molecule has 218 valence electrons. The monoisotopic (exact) mass is 552 g/mol. The largest absolute Gasteiger partial charge is 0.462 e. The Bertz CT molecular complexity index is 1300. The summed E-state index contributed by atoms with van der Waals surface area (Å²) in [7, 11) is 0. The second kappa shape index (κ2) is 15.2. The minimum atomic E-state index is -0.355. The average Bonchev–Trinajstić information content (AvgIpc) is 2.99. The van der Waals surface area contributed by atoms with Crippen molar-refractivity contribution >= 4 is 5.97 Å². The van der Waals surface area contributed by atoms with E-state index in [1.807, 2.05) is 6.07 Å². The van der Waals surface area contributed by atoms with Crippen LogP contribution in [-0.2, 0) is 22.6 Å². The second-order valence-electron chi connectivity index (χ2n) is 12.0. The molecule has 0 bridgehead atoms. The van der Waals surface area contributed by atoms with E-state index in [4.69, 9.17) is 4.74 Å². The van der Waals surface area contributed by atoms with Gasteiger partial charge < -0.3 is 9.84 Å². The molecule has 0 heterocycles. The lowest BCUT2D eigenvalue weighted by atomic mass is 9.77. The molecule has 1 saturated carbocycles. The summed E-state index contributed by atoms with van der Waals surface area (Å²) in [6.07, 6.45) is 12.4. The Balaban J connectivity index is 1.39. The van der Waals surface area contributed by atoms with Crippen molar-refractivity contribution in [1.29, 1.82) is 0 Å². The molecular weight excluding hydrogens is 504 g/mol. The van der Waals surface area contributed by atoms with Gasteiger partial charge in [-0.25, -0.2) is 4.79 Å². The minimum absolute atomic E-state index is 0.00448. The molecule has 3 heteroatoms. The topological polar surface area (TPSA) is 46.5 Å². The van der Waals surface area contributed by atoms with E-state index in [2.05, 4.69) is 75.0 Å². The highest BCUT2D eigenvalue weighted by atomic mass is 16.5. The maximum absolute atomic E-state index is 11.7. The molecular formula is C38H48O3. The summed E-state index contributed by atoms with van der Waals surface area (Å²) in [6.45, 7) is 10.1. The second-order valence-corrected chi connectivity index (χ2v) is 12.0. The van der Waals surface area contributed by atoms with Gasteiger partial charge in [0.2, 0.25) is 0 Å². The van der Waals surface area contributed by atoms with Crippen LogP contribution in [-0.4, -0.2) is 17.7 Å². The van der Waals surface area contributed by atoms with Crippen LogP contribution in [0.4, 0.5) is 0 Å². The zero-order valence-corrected chi connectivity index (χ0v) is 25.4. The Hall–Kier alpha value is -3.17. The highest BCUT2D eigenvalue weighted by molar-refractivity contribution is 5.86. The van der Waals surface area contributed by atoms with Gasteiger partial charge in [0, 0.05) is 5.57 Å². The van der Waals surface area contributed by atoms with Crippen molar-refractivity contribution in [2.24, 2.45) is 5.92 Å². The number of ether oxygens (including phenoxy) is 1. The van der Waals surface area contributed by atoms with E-state index in [0.29, 0.717) is 24.5 Å². The fourth-order valence-corrected chi connectivity index (χ4v) is 6.31. The molecule has 0 aromatic heterocycles. The molecule has 0 amide bonds. The quantitative estimate of drug-likeness (QED) is 0.130. The standard InChI is InChI=1S/C38H48O3/c1-5-6-7-9-29-11-13-30(14-12-29)31-15-17-32(18-16-31)34-21-22-37(28(4)24-34)35-19-20-36(26-39)33(25-35)10-8-23-41-38(40)27(2)3/h15-22,24-25,29-30,39H,2,5-14,23,26H2,1,3-4H3. The Morgan fingerprint density at radius 1 is 0.878 bits per heavy atom. The third-order valence-corrected chi connectivity index (χ3v) is 8.86. The van der Waals surface area contributed by atoms with Gasteiger partial charge in [0.15, 0.2) is 0 Å². The number of esters is 1. The Morgan fingerprint density at radius 2 is 1.59 bits per heavy atom. The number of carbonyl (C=O) groups excluding carboxylic acids is 1. The summed E-state index contributed by atoms with van der Waals surface area (Å²) in [6, 6.07) is 22.3. The number of unbranched alkanes of at least 4 members (excludes halogenated alkanes) is 2. The molecule has 41 heavy (non-hydrogen) atoms. The number of rotatable bonds is 13. The summed E-state index contributed by atoms with van der Waals surface area (Å²) in [5.74, 6) is 1.30. The van der Waals surface area contributed by atoms with Crippen molar-refractivity contribution in [2.75, 3.05) is 6.61 Å². The number of aliphatic hydroxyl groups excluding tert-OH is 1. The minimum Gasteiger partial charge on any atom is -0.462 e. The van der Waals surface area contributed by atoms with Gasteiger partial charge in [-0.05, 0) is 109 Å². The summed E-state index contributed by atoms with van der Waals surface area (Å²) >= 11 is 0. The van der Waals surface area contributed by atoms with Crippen LogP contribution in [0.1, 0.15) is 99.8 Å². The van der Waals surface area contributed by atoms with Crippen LogP contribution in [0.3, 0.4) is 0 Å². The van der Waals surface area contributed by atoms with E-state index in [0.717, 1.165) is 29.0 Å². The highest BCUT2D eigenvalue weighted by Crippen LogP contribution is 2.38. The highest BCUT2D eigenvalue weighted by Gasteiger charge is 2.22. The maximum atomic E-state index is 11.7. The Labute approximate surface area is 247 Å². The van der Waals surface area contributed by atoms with Crippen LogP contribution in [0.5, 0.6) is 0 Å². The van der Waals surface area contributed by atoms with Crippen LogP contribution in [0.25, 0.3) is 22.3 Å². The zero-order chi connectivity index (χ0) is 29.2. The van der Waals surface area contributed by atoms with Crippen molar-refractivity contribution in [3.8, 4) is 22.3 Å². The van der Waals surface area contributed by atoms with Crippen molar-refractivity contribution in [3.63, 3.8) is 0 Å². The molecule has 3 aromatic carbocycles. The lowest BCUT2D eigenvalue weighted by Crippen LogP contribution is -2.13. The number of hydrogen-bond acceptors (Lipinski definition) is 3. The summed E-state index contributed by atoms with van der Waals surface area (Å²) < 4.78 is 5.25. The van der Waals surface area contributed by atoms with Crippen molar-refractivity contribution in [1.82, 2.24) is 0 Å². The van der Waals surface area contributed by atoms with Crippen LogP contribution in [0, 0.1) is 12.8 Å². The first kappa shape index (κ1) is 30.8. The number of hydrogen-bond donors (Lipinski definition) is 1. The summed E-state index contributed by atoms with van der Waals surface area (Å²) in [4.78, 5) is 11.7. The van der Waals surface area contributed by atoms with Gasteiger partial charge in [0.05, 0.1) is 13.2 Å². The maximum Gasteiger partial charge on any atom is 0.333 e. The van der Waals surface area contributed by atoms with Gasteiger partial charge in [-0.3, -0.25) is 0 Å². The molecule has 1 fully saturated rings. The lowest BCUT2D eigenvalue weighted by Gasteiger charge is -2.29. The average molecular weight is 553 g/mol. The number of benzene rings is 3. The number of carbonyl (C=O) groups is 1. The van der Waals surface area contributed by atoms with Gasteiger partial charge in [0.1, 0.15) is 0 Å². The molecule has 0 aliphatic heterocycles. The van der Waals surface area contributed by atoms with Gasteiger partial charge in [-0.15, -0.1) is 0 Å². The van der Waals surface area contributed by atoms with Crippen LogP contribution < -0.4 is 0 Å². The van der Waals surface area contributed by atoms with Crippen molar-refractivity contribution < 1.29 is 14.6 Å². The smallest absolute Gasteiger partial charge is 0.333 e. The van der Waals surface area contributed by atoms with E-state index in [9.17, 15) is 9.90 Å². The molecule has 0 atom stereocenters. The van der Waals surface area contributed by atoms with E-state index in [1.54, 1.807) is 6.92 Å². The van der Waals surface area contributed by atoms with E-state index >= 15 is 0 Å². The van der Waals surface area contributed by atoms with Gasteiger partial charge in [-0.1, -0.05) is 99.8 Å². The SMILES string of the molecule is C=C(C)C(=O)OCCCc1cc(-c2ccc(-c3ccc(C4CCC(CCCCC)CC4)cc3)cc2C)ccc1CO. The van der Waals surface area contributed by atoms with Gasteiger partial charge in [0.25, 0.3) is 0 Å². The fraction of sp³-hybridized carbons (Fsp3) is 0.447. The Morgan fingerprint density at radius 3 is 2.24 bits per heavy atom. The number of aliphatic hydroxyl groups is 1. The third kappa shape index (κ3) is 8.42. The molecule has 1 aliphatic carbocycles. The molecule has 1 aliphatic rings. The van der Waals surface area contributed by atoms with Crippen LogP contribution in [0.15, 0.2) is 72.8 Å².